The van der Waals surface area contributed by atoms with Crippen molar-refractivity contribution in [3.63, 3.8) is 0 Å². The molecule has 26 heavy (non-hydrogen) atoms. The molecule has 2 fully saturated rings. The maximum atomic E-state index is 13.1. The van der Waals surface area contributed by atoms with E-state index in [1.54, 1.807) is 9.80 Å². The van der Waals surface area contributed by atoms with Crippen LogP contribution < -0.4 is 4.90 Å². The monoisotopic (exact) mass is 370 g/mol. The third kappa shape index (κ3) is 2.98. The van der Waals surface area contributed by atoms with Crippen LogP contribution in [0.3, 0.4) is 0 Å². The number of nitrogens with zero attached hydrogens (tertiary/aromatic N) is 2. The van der Waals surface area contributed by atoms with Crippen molar-refractivity contribution in [1.82, 2.24) is 4.90 Å². The summed E-state index contributed by atoms with van der Waals surface area (Å²) in [6.07, 6.45) is 0.925. The smallest absolute Gasteiger partial charge is 0.314 e. The molecule has 0 unspecified atom stereocenters. The number of aryl methyl sites for hydroxylation is 1. The number of anilines is 1. The number of fused-ring (bicyclic) bond motifs is 1. The first-order valence-corrected chi connectivity index (χ1v) is 10.7. The number of benzene rings is 2. The fourth-order valence-electron chi connectivity index (χ4n) is 3.94. The number of hydrogen-bond acceptors (Lipinski definition) is 3. The molecule has 5 nitrogen and oxygen atoms in total. The molecule has 2 heterocycles. The first-order chi connectivity index (χ1) is 12.5. The highest BCUT2D eigenvalue weighted by Gasteiger charge is 2.53. The van der Waals surface area contributed by atoms with Gasteiger partial charge >= 0.3 is 6.03 Å². The Morgan fingerprint density at radius 2 is 1.58 bits per heavy atom. The summed E-state index contributed by atoms with van der Waals surface area (Å²) in [4.78, 5) is 16.5. The van der Waals surface area contributed by atoms with Crippen molar-refractivity contribution in [3.05, 3.63) is 65.7 Å². The van der Waals surface area contributed by atoms with E-state index in [0.717, 1.165) is 17.7 Å². The number of amides is 2. The third-order valence-electron chi connectivity index (χ3n) is 5.30. The highest BCUT2D eigenvalue weighted by molar-refractivity contribution is 7.91. The van der Waals surface area contributed by atoms with Crippen molar-refractivity contribution in [2.24, 2.45) is 0 Å². The van der Waals surface area contributed by atoms with E-state index in [1.807, 2.05) is 54.6 Å². The van der Waals surface area contributed by atoms with Gasteiger partial charge in [0.15, 0.2) is 9.84 Å². The van der Waals surface area contributed by atoms with E-state index >= 15 is 0 Å². The van der Waals surface area contributed by atoms with Gasteiger partial charge in [0.25, 0.3) is 0 Å². The van der Waals surface area contributed by atoms with Crippen molar-refractivity contribution < 1.29 is 13.2 Å². The Morgan fingerprint density at radius 1 is 0.923 bits per heavy atom. The molecule has 0 saturated carbocycles. The maximum Gasteiger partial charge on any atom is 0.325 e. The van der Waals surface area contributed by atoms with Gasteiger partial charge in [-0.2, -0.15) is 0 Å². The number of carbonyl (C=O) groups excluding carboxylic acids is 1. The number of urea groups is 1. The molecule has 136 valence electrons. The maximum absolute atomic E-state index is 13.1. The van der Waals surface area contributed by atoms with E-state index in [0.29, 0.717) is 6.54 Å². The number of carbonyl (C=O) groups is 1. The van der Waals surface area contributed by atoms with Gasteiger partial charge in [0.2, 0.25) is 0 Å². The molecule has 4 rings (SSSR count). The second kappa shape index (κ2) is 6.43. The Labute approximate surface area is 154 Å². The zero-order chi connectivity index (χ0) is 18.3. The Morgan fingerprint density at radius 3 is 2.23 bits per heavy atom. The highest BCUT2D eigenvalue weighted by Crippen LogP contribution is 2.36. The van der Waals surface area contributed by atoms with Gasteiger partial charge in [-0.15, -0.1) is 0 Å². The molecule has 6 heteroatoms. The summed E-state index contributed by atoms with van der Waals surface area (Å²) >= 11 is 0. The van der Waals surface area contributed by atoms with Crippen LogP contribution in [0, 0.1) is 0 Å². The first-order valence-electron chi connectivity index (χ1n) is 8.91. The molecule has 2 aliphatic rings. The van der Waals surface area contributed by atoms with Crippen molar-refractivity contribution in [2.45, 2.75) is 32.0 Å². The van der Waals surface area contributed by atoms with E-state index in [4.69, 9.17) is 0 Å². The van der Waals surface area contributed by atoms with Gasteiger partial charge in [0.05, 0.1) is 23.6 Å². The first kappa shape index (κ1) is 17.1. The molecule has 2 aliphatic heterocycles. The van der Waals surface area contributed by atoms with Crippen LogP contribution in [-0.2, 0) is 22.8 Å². The lowest BCUT2D eigenvalue weighted by atomic mass is 10.1. The molecule has 2 aromatic rings. The summed E-state index contributed by atoms with van der Waals surface area (Å²) in [6, 6.07) is 16.8. The van der Waals surface area contributed by atoms with E-state index in [-0.39, 0.29) is 29.6 Å². The predicted molar refractivity (Wildman–Crippen MR) is 102 cm³/mol. The molecule has 0 aromatic heterocycles. The van der Waals surface area contributed by atoms with Crippen molar-refractivity contribution in [3.8, 4) is 0 Å². The van der Waals surface area contributed by atoms with Crippen molar-refractivity contribution >= 4 is 21.6 Å². The van der Waals surface area contributed by atoms with Gasteiger partial charge in [0.1, 0.15) is 0 Å². The Hall–Kier alpha value is -2.34. The van der Waals surface area contributed by atoms with E-state index < -0.39 is 9.84 Å². The summed E-state index contributed by atoms with van der Waals surface area (Å²) in [7, 11) is -3.14. The summed E-state index contributed by atoms with van der Waals surface area (Å²) < 4.78 is 24.5. The molecule has 0 bridgehead atoms. The largest absolute Gasteiger partial charge is 0.325 e. The lowest BCUT2D eigenvalue weighted by molar-refractivity contribution is 0.206. The lowest BCUT2D eigenvalue weighted by Crippen LogP contribution is -2.37. The van der Waals surface area contributed by atoms with Crippen molar-refractivity contribution in [2.75, 3.05) is 16.4 Å². The molecule has 2 saturated heterocycles. The average Bonchev–Trinajstić information content (AvgIpc) is 3.07. The molecule has 0 N–H and O–H groups in total. The van der Waals surface area contributed by atoms with E-state index in [2.05, 4.69) is 6.92 Å². The molecule has 2 aromatic carbocycles. The quantitative estimate of drug-likeness (QED) is 0.778. The van der Waals surface area contributed by atoms with Gasteiger partial charge in [-0.3, -0.25) is 4.90 Å². The van der Waals surface area contributed by atoms with Crippen LogP contribution in [0.2, 0.25) is 0 Å². The summed E-state index contributed by atoms with van der Waals surface area (Å²) in [6.45, 7) is 2.51. The Bertz CT molecular complexity index is 910. The summed E-state index contributed by atoms with van der Waals surface area (Å²) in [5.41, 5.74) is 2.97. The standard InChI is InChI=1S/C20H22N2O3S/c1-2-15-8-10-17(11-9-15)22-19-14-26(24,25)13-18(19)21(20(22)23)12-16-6-4-3-5-7-16/h3-11,18-19H,2,12-14H2,1H3/t18-,19+/m0/s1. The molecule has 0 spiro atoms. The van der Waals surface area contributed by atoms with E-state index in [9.17, 15) is 13.2 Å². The zero-order valence-corrected chi connectivity index (χ0v) is 15.5. The lowest BCUT2D eigenvalue weighted by Gasteiger charge is -2.23. The third-order valence-corrected chi connectivity index (χ3v) is 6.99. The van der Waals surface area contributed by atoms with Crippen LogP contribution >= 0.6 is 0 Å². The Balaban J connectivity index is 1.69. The minimum absolute atomic E-state index is 0.0320. The molecular weight excluding hydrogens is 348 g/mol. The highest BCUT2D eigenvalue weighted by atomic mass is 32.2. The minimum Gasteiger partial charge on any atom is -0.314 e. The van der Waals surface area contributed by atoms with Gasteiger partial charge in [-0.05, 0) is 29.7 Å². The van der Waals surface area contributed by atoms with Crippen LogP contribution in [0.1, 0.15) is 18.1 Å². The van der Waals surface area contributed by atoms with Crippen LogP contribution in [0.4, 0.5) is 10.5 Å². The second-order valence-corrected chi connectivity index (χ2v) is 9.15. The van der Waals surface area contributed by atoms with Crippen LogP contribution in [0.25, 0.3) is 0 Å². The average molecular weight is 370 g/mol. The minimum atomic E-state index is -3.14. The number of sulfone groups is 1. The van der Waals surface area contributed by atoms with Gasteiger partial charge in [-0.25, -0.2) is 13.2 Å². The van der Waals surface area contributed by atoms with Crippen LogP contribution in [-0.4, -0.2) is 42.9 Å². The van der Waals surface area contributed by atoms with Crippen molar-refractivity contribution in [1.29, 1.82) is 0 Å². The fraction of sp³-hybridized carbons (Fsp3) is 0.350. The van der Waals surface area contributed by atoms with Crippen LogP contribution in [0.5, 0.6) is 0 Å². The normalized spacial score (nSPS) is 24.1. The number of hydrogen-bond donors (Lipinski definition) is 0. The molecular formula is C20H22N2O3S. The van der Waals surface area contributed by atoms with Gasteiger partial charge in [0, 0.05) is 12.2 Å². The summed E-state index contributed by atoms with van der Waals surface area (Å²) in [5, 5.41) is 0. The van der Waals surface area contributed by atoms with Gasteiger partial charge in [-0.1, -0.05) is 49.4 Å². The molecule has 0 radical (unpaired) electrons. The molecule has 2 atom stereocenters. The van der Waals surface area contributed by atoms with Crippen LogP contribution in [0.15, 0.2) is 54.6 Å². The zero-order valence-electron chi connectivity index (χ0n) is 14.7. The second-order valence-electron chi connectivity index (χ2n) is 7.00. The SMILES string of the molecule is CCc1ccc(N2C(=O)N(Cc3ccccc3)[C@H]3CS(=O)(=O)C[C@H]32)cc1. The fourth-order valence-corrected chi connectivity index (χ4v) is 5.89. The molecule has 2 amide bonds. The topological polar surface area (TPSA) is 57.7 Å². The Kier molecular flexibility index (Phi) is 4.23. The number of rotatable bonds is 4. The van der Waals surface area contributed by atoms with Gasteiger partial charge < -0.3 is 4.90 Å². The summed E-state index contributed by atoms with van der Waals surface area (Å²) in [5.74, 6) is 0.0734. The predicted octanol–water partition coefficient (Wildman–Crippen LogP) is 2.86. The molecule has 0 aliphatic carbocycles. The van der Waals surface area contributed by atoms with E-state index in [1.165, 1.54) is 5.56 Å².